The number of hydrogen-bond donors (Lipinski definition) is 1. The summed E-state index contributed by atoms with van der Waals surface area (Å²) in [4.78, 5) is 12.1. The number of carbonyl (C=O) groups excluding carboxylic acids is 1. The number of sulfonamides is 1. The number of hydrogen-bond acceptors (Lipinski definition) is 4. The Labute approximate surface area is 187 Å². The fourth-order valence-electron chi connectivity index (χ4n) is 4.18. The maximum atomic E-state index is 13.5. The van der Waals surface area contributed by atoms with Gasteiger partial charge in [0, 0.05) is 24.1 Å². The second-order valence-electron chi connectivity index (χ2n) is 8.64. The summed E-state index contributed by atoms with van der Waals surface area (Å²) in [6, 6.07) is 17.7. The van der Waals surface area contributed by atoms with Crippen molar-refractivity contribution in [3.05, 3.63) is 89.2 Å². The smallest absolute Gasteiger partial charge is 0.243 e. The average Bonchev–Trinajstić information content (AvgIpc) is 2.78. The third-order valence-corrected chi connectivity index (χ3v) is 7.66. The lowest BCUT2D eigenvalue weighted by atomic mass is 9.78. The van der Waals surface area contributed by atoms with E-state index in [1.807, 2.05) is 13.8 Å². The highest BCUT2D eigenvalue weighted by Gasteiger charge is 2.38. The van der Waals surface area contributed by atoms with Gasteiger partial charge in [-0.25, -0.2) is 12.8 Å². The highest BCUT2D eigenvalue weighted by Crippen LogP contribution is 2.37. The van der Waals surface area contributed by atoms with Crippen molar-refractivity contribution in [3.63, 3.8) is 0 Å². The number of aliphatic hydroxyl groups excluding tert-OH is 1. The zero-order valence-electron chi connectivity index (χ0n) is 17.9. The minimum absolute atomic E-state index is 0.172. The maximum absolute atomic E-state index is 13.5. The molecule has 3 aromatic carbocycles. The molecule has 0 saturated carbocycles. The predicted molar refractivity (Wildman–Crippen MR) is 120 cm³/mol. The normalized spacial score (nSPS) is 15.9. The molecule has 0 saturated heterocycles. The summed E-state index contributed by atoms with van der Waals surface area (Å²) >= 11 is 0. The van der Waals surface area contributed by atoms with Crippen LogP contribution < -0.4 is 0 Å². The van der Waals surface area contributed by atoms with Gasteiger partial charge in [-0.2, -0.15) is 4.31 Å². The fourth-order valence-corrected chi connectivity index (χ4v) is 5.80. The molecular formula is C25H24FNO4S. The van der Waals surface area contributed by atoms with E-state index in [1.54, 1.807) is 54.6 Å². The van der Waals surface area contributed by atoms with E-state index in [0.717, 1.165) is 16.7 Å². The van der Waals surface area contributed by atoms with E-state index in [2.05, 4.69) is 0 Å². The van der Waals surface area contributed by atoms with Crippen LogP contribution in [-0.2, 0) is 22.0 Å². The topological polar surface area (TPSA) is 74.7 Å². The van der Waals surface area contributed by atoms with Crippen molar-refractivity contribution in [2.75, 3.05) is 13.2 Å². The molecule has 5 nitrogen and oxygen atoms in total. The summed E-state index contributed by atoms with van der Waals surface area (Å²) in [5, 5.41) is 9.16. The number of ketones is 1. The van der Waals surface area contributed by atoms with E-state index in [1.165, 1.54) is 16.4 Å². The van der Waals surface area contributed by atoms with Gasteiger partial charge in [-0.15, -0.1) is 0 Å². The van der Waals surface area contributed by atoms with E-state index in [0.29, 0.717) is 11.1 Å². The van der Waals surface area contributed by atoms with Crippen molar-refractivity contribution in [1.82, 2.24) is 4.31 Å². The van der Waals surface area contributed by atoms with Crippen LogP contribution in [0, 0.1) is 5.82 Å². The lowest BCUT2D eigenvalue weighted by Gasteiger charge is -2.39. The number of Topliss-reactive ketones (excluding diaryl/α,β-unsaturated/α-hetero) is 1. The minimum atomic E-state index is -3.79. The van der Waals surface area contributed by atoms with Gasteiger partial charge in [-0.05, 0) is 52.6 Å². The first-order chi connectivity index (χ1) is 15.1. The molecule has 1 N–H and O–H groups in total. The molecule has 1 heterocycles. The Balaban J connectivity index is 1.69. The Morgan fingerprint density at radius 1 is 1.03 bits per heavy atom. The van der Waals surface area contributed by atoms with Crippen molar-refractivity contribution in [1.29, 1.82) is 0 Å². The molecule has 0 bridgehead atoms. The second-order valence-corrected chi connectivity index (χ2v) is 10.6. The molecule has 0 spiro atoms. The number of aliphatic hydroxyl groups is 1. The molecule has 1 aliphatic rings. The predicted octanol–water partition coefficient (Wildman–Crippen LogP) is 4.15. The molecule has 0 amide bonds. The second kappa shape index (κ2) is 8.24. The van der Waals surface area contributed by atoms with Gasteiger partial charge >= 0.3 is 0 Å². The van der Waals surface area contributed by atoms with Crippen LogP contribution in [0.4, 0.5) is 4.39 Å². The van der Waals surface area contributed by atoms with Crippen molar-refractivity contribution in [2.45, 2.75) is 30.7 Å². The van der Waals surface area contributed by atoms with Crippen LogP contribution in [0.1, 0.15) is 35.3 Å². The molecule has 32 heavy (non-hydrogen) atoms. The largest absolute Gasteiger partial charge is 0.388 e. The lowest BCUT2D eigenvalue weighted by molar-refractivity contribution is 0.0903. The lowest BCUT2D eigenvalue weighted by Crippen LogP contribution is -2.45. The van der Waals surface area contributed by atoms with Crippen LogP contribution in [0.5, 0.6) is 0 Å². The SMILES string of the molecule is CC1(C)CN(S(=O)(=O)c2cccc(-c3ccc(F)cc3)c2)Cc2ccc(C(=O)CO)cc21. The molecule has 0 atom stereocenters. The summed E-state index contributed by atoms with van der Waals surface area (Å²) in [5.41, 5.74) is 3.05. The Hall–Kier alpha value is -2.87. The van der Waals surface area contributed by atoms with E-state index in [-0.39, 0.29) is 29.6 Å². The van der Waals surface area contributed by atoms with E-state index in [9.17, 15) is 17.6 Å². The minimum Gasteiger partial charge on any atom is -0.388 e. The summed E-state index contributed by atoms with van der Waals surface area (Å²) in [7, 11) is -3.79. The van der Waals surface area contributed by atoms with Gasteiger partial charge in [0.1, 0.15) is 12.4 Å². The average molecular weight is 454 g/mol. The third kappa shape index (κ3) is 4.11. The van der Waals surface area contributed by atoms with Gasteiger partial charge in [0.2, 0.25) is 10.0 Å². The van der Waals surface area contributed by atoms with Gasteiger partial charge in [-0.1, -0.05) is 50.2 Å². The summed E-state index contributed by atoms with van der Waals surface area (Å²) in [5.74, 6) is -0.716. The monoisotopic (exact) mass is 453 g/mol. The van der Waals surface area contributed by atoms with Crippen LogP contribution in [0.3, 0.4) is 0 Å². The number of halogens is 1. The van der Waals surface area contributed by atoms with Gasteiger partial charge < -0.3 is 5.11 Å². The summed E-state index contributed by atoms with van der Waals surface area (Å²) in [6.45, 7) is 3.75. The van der Waals surface area contributed by atoms with Crippen molar-refractivity contribution < 1.29 is 22.7 Å². The Morgan fingerprint density at radius 3 is 2.44 bits per heavy atom. The molecule has 0 fully saturated rings. The number of carbonyl (C=O) groups is 1. The van der Waals surface area contributed by atoms with Gasteiger partial charge in [0.25, 0.3) is 0 Å². The van der Waals surface area contributed by atoms with Crippen molar-refractivity contribution in [3.8, 4) is 11.1 Å². The first-order valence-corrected chi connectivity index (χ1v) is 11.7. The molecule has 7 heteroatoms. The van der Waals surface area contributed by atoms with Crippen molar-refractivity contribution in [2.24, 2.45) is 0 Å². The zero-order chi connectivity index (χ0) is 23.1. The fraction of sp³-hybridized carbons (Fsp3) is 0.240. The summed E-state index contributed by atoms with van der Waals surface area (Å²) < 4.78 is 41.8. The Kier molecular flexibility index (Phi) is 5.75. The molecule has 0 aromatic heterocycles. The third-order valence-electron chi connectivity index (χ3n) is 5.87. The van der Waals surface area contributed by atoms with Crippen LogP contribution in [-0.4, -0.2) is 36.8 Å². The van der Waals surface area contributed by atoms with Crippen LogP contribution in [0.25, 0.3) is 11.1 Å². The molecule has 0 aliphatic carbocycles. The highest BCUT2D eigenvalue weighted by atomic mass is 32.2. The molecule has 0 radical (unpaired) electrons. The van der Waals surface area contributed by atoms with Crippen LogP contribution >= 0.6 is 0 Å². The number of benzene rings is 3. The first kappa shape index (κ1) is 22.3. The van der Waals surface area contributed by atoms with Crippen molar-refractivity contribution >= 4 is 15.8 Å². The molecule has 166 valence electrons. The number of nitrogens with zero attached hydrogens (tertiary/aromatic N) is 1. The van der Waals surface area contributed by atoms with Gasteiger partial charge in [0.15, 0.2) is 5.78 Å². The number of fused-ring (bicyclic) bond motifs is 1. The molecular weight excluding hydrogens is 429 g/mol. The Morgan fingerprint density at radius 2 is 1.75 bits per heavy atom. The highest BCUT2D eigenvalue weighted by molar-refractivity contribution is 7.89. The van der Waals surface area contributed by atoms with E-state index >= 15 is 0 Å². The van der Waals surface area contributed by atoms with Crippen LogP contribution in [0.15, 0.2) is 71.6 Å². The first-order valence-electron chi connectivity index (χ1n) is 10.3. The van der Waals surface area contributed by atoms with Gasteiger partial charge in [-0.3, -0.25) is 4.79 Å². The van der Waals surface area contributed by atoms with E-state index in [4.69, 9.17) is 5.11 Å². The molecule has 1 aliphatic heterocycles. The Bertz CT molecular complexity index is 1280. The van der Waals surface area contributed by atoms with Crippen LogP contribution in [0.2, 0.25) is 0 Å². The maximum Gasteiger partial charge on any atom is 0.243 e. The van der Waals surface area contributed by atoms with Gasteiger partial charge in [0.05, 0.1) is 4.90 Å². The standard InChI is InChI=1S/C25H24FNO4S/c1-25(2)16-27(14-20-7-6-19(13-23(20)25)24(29)15-28)32(30,31)22-5-3-4-18(12-22)17-8-10-21(26)11-9-17/h3-13,28H,14-16H2,1-2H3. The summed E-state index contributed by atoms with van der Waals surface area (Å²) in [6.07, 6.45) is 0. The molecule has 4 rings (SSSR count). The molecule has 0 unspecified atom stereocenters. The quantitative estimate of drug-likeness (QED) is 0.589. The molecule has 3 aromatic rings. The zero-order valence-corrected chi connectivity index (χ0v) is 18.7. The van der Waals surface area contributed by atoms with E-state index < -0.39 is 22.0 Å². The number of rotatable bonds is 5.